The number of rotatable bonds is 3. The molecular weight excluding hydrogens is 247 g/mol. The first-order valence-electron chi connectivity index (χ1n) is 6.22. The largest absolute Gasteiger partial charge is 0.481 e. The lowest BCUT2D eigenvalue weighted by atomic mass is 9.99. The molecule has 1 aromatic carbocycles. The predicted octanol–water partition coefficient (Wildman–Crippen LogP) is 2.26. The van der Waals surface area contributed by atoms with Gasteiger partial charge in [-0.1, -0.05) is 18.2 Å². The van der Waals surface area contributed by atoms with Gasteiger partial charge in [0.1, 0.15) is 5.82 Å². The molecule has 0 saturated heterocycles. The fourth-order valence-corrected chi connectivity index (χ4v) is 2.63. The van der Waals surface area contributed by atoms with Gasteiger partial charge in [0, 0.05) is 23.4 Å². The SMILES string of the molecule is O=C(O)Cc1nn2c(c1-c1ccccc1F)CCC2. The highest BCUT2D eigenvalue weighted by Gasteiger charge is 2.25. The summed E-state index contributed by atoms with van der Waals surface area (Å²) in [5, 5.41) is 13.3. The van der Waals surface area contributed by atoms with Crippen LogP contribution in [0.25, 0.3) is 11.1 Å². The molecule has 0 aliphatic carbocycles. The van der Waals surface area contributed by atoms with Gasteiger partial charge in [-0.05, 0) is 18.9 Å². The number of aliphatic carboxylic acids is 1. The van der Waals surface area contributed by atoms with Crippen LogP contribution in [0.3, 0.4) is 0 Å². The summed E-state index contributed by atoms with van der Waals surface area (Å²) in [5.41, 5.74) is 2.51. The molecule has 2 heterocycles. The number of fused-ring (bicyclic) bond motifs is 1. The first kappa shape index (κ1) is 11.9. The van der Waals surface area contributed by atoms with Crippen molar-refractivity contribution in [3.05, 3.63) is 41.5 Å². The average Bonchev–Trinajstić information content (AvgIpc) is 2.90. The van der Waals surface area contributed by atoms with Gasteiger partial charge in [-0.15, -0.1) is 0 Å². The Morgan fingerprint density at radius 3 is 2.95 bits per heavy atom. The van der Waals surface area contributed by atoms with Gasteiger partial charge in [0.25, 0.3) is 0 Å². The Kier molecular flexibility index (Phi) is 2.81. The number of hydrogen-bond donors (Lipinski definition) is 1. The van der Waals surface area contributed by atoms with Crippen molar-refractivity contribution in [3.63, 3.8) is 0 Å². The van der Waals surface area contributed by atoms with E-state index in [1.54, 1.807) is 22.9 Å². The van der Waals surface area contributed by atoms with Crippen molar-refractivity contribution >= 4 is 5.97 Å². The molecule has 5 heteroatoms. The summed E-state index contributed by atoms with van der Waals surface area (Å²) in [4.78, 5) is 10.9. The number of hydrogen-bond acceptors (Lipinski definition) is 2. The smallest absolute Gasteiger partial charge is 0.309 e. The van der Waals surface area contributed by atoms with Crippen LogP contribution >= 0.6 is 0 Å². The fourth-order valence-electron chi connectivity index (χ4n) is 2.63. The molecule has 1 aliphatic rings. The van der Waals surface area contributed by atoms with Crippen LogP contribution in [-0.2, 0) is 24.2 Å². The molecule has 3 rings (SSSR count). The van der Waals surface area contributed by atoms with Gasteiger partial charge in [0.05, 0.1) is 12.1 Å². The van der Waals surface area contributed by atoms with E-state index in [4.69, 9.17) is 5.11 Å². The lowest BCUT2D eigenvalue weighted by molar-refractivity contribution is -0.136. The van der Waals surface area contributed by atoms with Gasteiger partial charge in [-0.2, -0.15) is 5.10 Å². The molecule has 4 nitrogen and oxygen atoms in total. The van der Waals surface area contributed by atoms with Crippen molar-refractivity contribution in [3.8, 4) is 11.1 Å². The number of halogens is 1. The van der Waals surface area contributed by atoms with Crippen LogP contribution in [0.1, 0.15) is 17.8 Å². The second-order valence-corrected chi connectivity index (χ2v) is 4.65. The van der Waals surface area contributed by atoms with Crippen LogP contribution in [0.2, 0.25) is 0 Å². The molecule has 0 spiro atoms. The van der Waals surface area contributed by atoms with Crippen molar-refractivity contribution in [2.45, 2.75) is 25.8 Å². The number of benzene rings is 1. The minimum absolute atomic E-state index is 0.177. The first-order valence-corrected chi connectivity index (χ1v) is 6.22. The molecule has 0 atom stereocenters. The van der Waals surface area contributed by atoms with Crippen molar-refractivity contribution in [1.29, 1.82) is 0 Å². The molecule has 19 heavy (non-hydrogen) atoms. The second kappa shape index (κ2) is 4.50. The number of aryl methyl sites for hydroxylation is 1. The van der Waals surface area contributed by atoms with E-state index in [-0.39, 0.29) is 12.2 Å². The topological polar surface area (TPSA) is 55.1 Å². The van der Waals surface area contributed by atoms with Crippen LogP contribution in [0.5, 0.6) is 0 Å². The highest BCUT2D eigenvalue weighted by atomic mass is 19.1. The first-order chi connectivity index (χ1) is 9.16. The Morgan fingerprint density at radius 2 is 2.21 bits per heavy atom. The second-order valence-electron chi connectivity index (χ2n) is 4.65. The third-order valence-corrected chi connectivity index (χ3v) is 3.38. The van der Waals surface area contributed by atoms with Gasteiger partial charge < -0.3 is 5.11 Å². The monoisotopic (exact) mass is 260 g/mol. The summed E-state index contributed by atoms with van der Waals surface area (Å²) in [5.74, 6) is -1.29. The zero-order chi connectivity index (χ0) is 13.4. The standard InChI is InChI=1S/C14H13FN2O2/c15-10-5-2-1-4-9(10)14-11(8-13(18)19)16-17-7-3-6-12(14)17/h1-2,4-5H,3,6-8H2,(H,18,19). The predicted molar refractivity (Wildman–Crippen MR) is 67.3 cm³/mol. The molecule has 0 saturated carbocycles. The van der Waals surface area contributed by atoms with Gasteiger partial charge in [0.15, 0.2) is 0 Å². The van der Waals surface area contributed by atoms with Gasteiger partial charge in [-0.25, -0.2) is 4.39 Å². The quantitative estimate of drug-likeness (QED) is 0.921. The van der Waals surface area contributed by atoms with E-state index in [1.807, 2.05) is 0 Å². The van der Waals surface area contributed by atoms with Crippen LogP contribution in [0, 0.1) is 5.82 Å². The summed E-state index contributed by atoms with van der Waals surface area (Å²) >= 11 is 0. The van der Waals surface area contributed by atoms with Crippen molar-refractivity contribution in [2.75, 3.05) is 0 Å². The Hall–Kier alpha value is -2.17. The minimum Gasteiger partial charge on any atom is -0.481 e. The van der Waals surface area contributed by atoms with E-state index in [9.17, 15) is 9.18 Å². The molecule has 2 aromatic rings. The van der Waals surface area contributed by atoms with Crippen molar-refractivity contribution in [1.82, 2.24) is 9.78 Å². The number of carboxylic acid groups (broad SMARTS) is 1. The van der Waals surface area contributed by atoms with Crippen molar-refractivity contribution < 1.29 is 14.3 Å². The Morgan fingerprint density at radius 1 is 1.42 bits per heavy atom. The number of nitrogens with zero attached hydrogens (tertiary/aromatic N) is 2. The molecule has 0 radical (unpaired) electrons. The average molecular weight is 260 g/mol. The van der Waals surface area contributed by atoms with Crippen LogP contribution in [0.4, 0.5) is 4.39 Å². The number of aromatic nitrogens is 2. The lowest BCUT2D eigenvalue weighted by Crippen LogP contribution is -2.04. The normalized spacial score (nSPS) is 13.5. The summed E-state index contributed by atoms with van der Waals surface area (Å²) in [6, 6.07) is 6.44. The summed E-state index contributed by atoms with van der Waals surface area (Å²) in [6.45, 7) is 0.774. The Labute approximate surface area is 109 Å². The number of carbonyl (C=O) groups is 1. The molecule has 0 fully saturated rings. The highest BCUT2D eigenvalue weighted by Crippen LogP contribution is 2.33. The van der Waals surface area contributed by atoms with Gasteiger partial charge >= 0.3 is 5.97 Å². The van der Waals surface area contributed by atoms with Crippen LogP contribution in [0.15, 0.2) is 24.3 Å². The zero-order valence-corrected chi connectivity index (χ0v) is 10.3. The minimum atomic E-state index is -0.950. The summed E-state index contributed by atoms with van der Waals surface area (Å²) in [6.07, 6.45) is 1.61. The van der Waals surface area contributed by atoms with Gasteiger partial charge in [0.2, 0.25) is 0 Å². The Balaban J connectivity index is 2.18. The van der Waals surface area contributed by atoms with E-state index < -0.39 is 5.97 Å². The summed E-state index contributed by atoms with van der Waals surface area (Å²) < 4.78 is 15.8. The van der Waals surface area contributed by atoms with E-state index in [1.165, 1.54) is 6.07 Å². The molecule has 0 unspecified atom stereocenters. The number of carboxylic acids is 1. The molecule has 98 valence electrons. The maximum atomic E-state index is 14.0. The molecule has 1 N–H and O–H groups in total. The maximum Gasteiger partial charge on any atom is 0.309 e. The molecular formula is C14H13FN2O2. The van der Waals surface area contributed by atoms with Crippen molar-refractivity contribution in [2.24, 2.45) is 0 Å². The molecule has 0 bridgehead atoms. The van der Waals surface area contributed by atoms with E-state index >= 15 is 0 Å². The third kappa shape index (κ3) is 2.01. The van der Waals surface area contributed by atoms with E-state index in [0.29, 0.717) is 16.8 Å². The molecule has 0 amide bonds. The van der Waals surface area contributed by atoms with E-state index in [0.717, 1.165) is 25.1 Å². The summed E-state index contributed by atoms with van der Waals surface area (Å²) in [7, 11) is 0. The maximum absolute atomic E-state index is 14.0. The molecule has 1 aliphatic heterocycles. The highest BCUT2D eigenvalue weighted by molar-refractivity contribution is 5.77. The fraction of sp³-hybridized carbons (Fsp3) is 0.286. The van der Waals surface area contributed by atoms with Crippen LogP contribution < -0.4 is 0 Å². The lowest BCUT2D eigenvalue weighted by Gasteiger charge is -2.05. The Bertz CT molecular complexity index is 649. The van der Waals surface area contributed by atoms with E-state index in [2.05, 4.69) is 5.10 Å². The van der Waals surface area contributed by atoms with Gasteiger partial charge in [-0.3, -0.25) is 9.48 Å². The zero-order valence-electron chi connectivity index (χ0n) is 10.3. The molecule has 1 aromatic heterocycles. The van der Waals surface area contributed by atoms with Crippen LogP contribution in [-0.4, -0.2) is 20.9 Å². The third-order valence-electron chi connectivity index (χ3n) is 3.38.